The number of nitrogens with two attached hydrogens (primary N) is 1. The maximum Gasteiger partial charge on any atom is 0.181 e. The van der Waals surface area contributed by atoms with Crippen molar-refractivity contribution in [1.82, 2.24) is 4.98 Å². The summed E-state index contributed by atoms with van der Waals surface area (Å²) in [5.41, 5.74) is 6.48. The summed E-state index contributed by atoms with van der Waals surface area (Å²) in [4.78, 5) is 4.18. The zero-order valence-electron chi connectivity index (χ0n) is 8.61. The number of anilines is 1. The van der Waals surface area contributed by atoms with Gasteiger partial charge >= 0.3 is 0 Å². The third-order valence-corrected chi connectivity index (χ3v) is 2.84. The Morgan fingerprint density at radius 1 is 1.40 bits per heavy atom. The smallest absolute Gasteiger partial charge is 0.181 e. The van der Waals surface area contributed by atoms with Crippen molar-refractivity contribution in [3.8, 4) is 11.5 Å². The highest BCUT2D eigenvalue weighted by Gasteiger charge is 2.09. The van der Waals surface area contributed by atoms with Crippen molar-refractivity contribution < 1.29 is 9.47 Å². The minimum Gasteiger partial charge on any atom is -0.493 e. The minimum atomic E-state index is 0.556. The van der Waals surface area contributed by atoms with E-state index in [1.807, 2.05) is 19.1 Å². The van der Waals surface area contributed by atoms with E-state index in [4.69, 9.17) is 15.2 Å². The summed E-state index contributed by atoms with van der Waals surface area (Å²) in [7, 11) is 1.61. The average Bonchev–Trinajstić information content (AvgIpc) is 2.56. The third kappa shape index (κ3) is 1.83. The van der Waals surface area contributed by atoms with Crippen molar-refractivity contribution in [3.05, 3.63) is 12.1 Å². The molecule has 0 saturated carbocycles. The molecule has 2 N–H and O–H groups in total. The van der Waals surface area contributed by atoms with Crippen molar-refractivity contribution in [3.63, 3.8) is 0 Å². The summed E-state index contributed by atoms with van der Waals surface area (Å²) in [5.74, 6) is 1.42. The van der Waals surface area contributed by atoms with Crippen LogP contribution in [0, 0.1) is 0 Å². The monoisotopic (exact) mass is 224 g/mol. The summed E-state index contributed by atoms with van der Waals surface area (Å²) >= 11 is 1.44. The van der Waals surface area contributed by atoms with E-state index in [1.165, 1.54) is 11.3 Å². The molecular weight excluding hydrogens is 212 g/mol. The van der Waals surface area contributed by atoms with Crippen LogP contribution in [0.15, 0.2) is 12.1 Å². The Morgan fingerprint density at radius 3 is 2.87 bits per heavy atom. The van der Waals surface area contributed by atoms with Gasteiger partial charge in [0.15, 0.2) is 16.6 Å². The van der Waals surface area contributed by atoms with Crippen molar-refractivity contribution in [2.24, 2.45) is 0 Å². The van der Waals surface area contributed by atoms with E-state index < -0.39 is 0 Å². The second-order valence-corrected chi connectivity index (χ2v) is 4.02. The van der Waals surface area contributed by atoms with Crippen LogP contribution in [-0.4, -0.2) is 18.7 Å². The van der Waals surface area contributed by atoms with Gasteiger partial charge in [-0.3, -0.25) is 0 Å². The number of hydrogen-bond donors (Lipinski definition) is 1. The lowest BCUT2D eigenvalue weighted by molar-refractivity contribution is 0.311. The van der Waals surface area contributed by atoms with E-state index in [0.29, 0.717) is 17.5 Å². The molecule has 0 atom stereocenters. The van der Waals surface area contributed by atoms with Gasteiger partial charge in [-0.15, -0.1) is 0 Å². The number of thiazole rings is 1. The highest BCUT2D eigenvalue weighted by molar-refractivity contribution is 7.22. The minimum absolute atomic E-state index is 0.556. The Balaban J connectivity index is 2.57. The molecule has 5 heteroatoms. The van der Waals surface area contributed by atoms with Crippen LogP contribution in [0.3, 0.4) is 0 Å². The Kier molecular flexibility index (Phi) is 2.64. The van der Waals surface area contributed by atoms with E-state index in [2.05, 4.69) is 4.98 Å². The summed E-state index contributed by atoms with van der Waals surface area (Å²) in [6.07, 6.45) is 0. The second-order valence-electron chi connectivity index (χ2n) is 2.96. The van der Waals surface area contributed by atoms with E-state index in [1.54, 1.807) is 7.11 Å². The van der Waals surface area contributed by atoms with Gasteiger partial charge < -0.3 is 15.2 Å². The van der Waals surface area contributed by atoms with E-state index in [-0.39, 0.29) is 0 Å². The first-order valence-electron chi connectivity index (χ1n) is 4.61. The zero-order chi connectivity index (χ0) is 10.8. The summed E-state index contributed by atoms with van der Waals surface area (Å²) in [5, 5.41) is 0.556. The molecule has 15 heavy (non-hydrogen) atoms. The normalized spacial score (nSPS) is 10.5. The Labute approximate surface area is 91.6 Å². The van der Waals surface area contributed by atoms with Crippen molar-refractivity contribution >= 4 is 26.7 Å². The molecule has 2 rings (SSSR count). The molecule has 0 saturated heterocycles. The number of benzene rings is 1. The molecule has 0 aliphatic carbocycles. The fourth-order valence-corrected chi connectivity index (χ4v) is 2.13. The highest BCUT2D eigenvalue weighted by atomic mass is 32.1. The molecule has 0 amide bonds. The molecule has 80 valence electrons. The lowest BCUT2D eigenvalue weighted by Crippen LogP contribution is -1.94. The lowest BCUT2D eigenvalue weighted by Gasteiger charge is -2.08. The first-order chi connectivity index (χ1) is 7.24. The molecule has 0 aliphatic rings. The van der Waals surface area contributed by atoms with Gasteiger partial charge in [-0.1, -0.05) is 11.3 Å². The number of fused-ring (bicyclic) bond motifs is 1. The van der Waals surface area contributed by atoms with E-state index >= 15 is 0 Å². The predicted molar refractivity (Wildman–Crippen MR) is 61.8 cm³/mol. The van der Waals surface area contributed by atoms with E-state index in [9.17, 15) is 0 Å². The van der Waals surface area contributed by atoms with Crippen LogP contribution in [0.2, 0.25) is 0 Å². The number of rotatable bonds is 3. The SMILES string of the molecule is CCOc1cc2sc(N)nc2cc1OC. The van der Waals surface area contributed by atoms with Crippen LogP contribution in [0.4, 0.5) is 5.13 Å². The van der Waals surface area contributed by atoms with Gasteiger partial charge in [0.1, 0.15) is 0 Å². The maximum atomic E-state index is 5.63. The van der Waals surface area contributed by atoms with Gasteiger partial charge in [0.2, 0.25) is 0 Å². The molecule has 0 spiro atoms. The first kappa shape index (κ1) is 10.0. The van der Waals surface area contributed by atoms with Crippen molar-refractivity contribution in [1.29, 1.82) is 0 Å². The largest absolute Gasteiger partial charge is 0.493 e. The number of methoxy groups -OCH3 is 1. The summed E-state index contributed by atoms with van der Waals surface area (Å²) in [6, 6.07) is 3.75. The summed E-state index contributed by atoms with van der Waals surface area (Å²) < 4.78 is 11.7. The van der Waals surface area contributed by atoms with Crippen LogP contribution in [-0.2, 0) is 0 Å². The van der Waals surface area contributed by atoms with Gasteiger partial charge in [0.05, 0.1) is 23.9 Å². The molecule has 0 radical (unpaired) electrons. The maximum absolute atomic E-state index is 5.63. The van der Waals surface area contributed by atoms with Gasteiger partial charge in [-0.2, -0.15) is 0 Å². The molecule has 1 aromatic carbocycles. The molecule has 1 heterocycles. The quantitative estimate of drug-likeness (QED) is 0.869. The molecular formula is C10H12N2O2S. The third-order valence-electron chi connectivity index (χ3n) is 1.99. The fraction of sp³-hybridized carbons (Fsp3) is 0.300. The van der Waals surface area contributed by atoms with Gasteiger partial charge in [0.25, 0.3) is 0 Å². The molecule has 0 unspecified atom stereocenters. The molecule has 2 aromatic rings. The van der Waals surface area contributed by atoms with Crippen LogP contribution < -0.4 is 15.2 Å². The highest BCUT2D eigenvalue weighted by Crippen LogP contribution is 2.35. The van der Waals surface area contributed by atoms with Crippen LogP contribution in [0.1, 0.15) is 6.92 Å². The second kappa shape index (κ2) is 3.94. The Morgan fingerprint density at radius 2 is 2.20 bits per heavy atom. The van der Waals surface area contributed by atoms with Crippen molar-refractivity contribution in [2.45, 2.75) is 6.92 Å². The molecule has 0 fully saturated rings. The van der Waals surface area contributed by atoms with Crippen molar-refractivity contribution in [2.75, 3.05) is 19.5 Å². The Hall–Kier alpha value is -1.49. The molecule has 0 aliphatic heterocycles. The molecule has 4 nitrogen and oxygen atoms in total. The van der Waals surface area contributed by atoms with Crippen LogP contribution in [0.5, 0.6) is 11.5 Å². The lowest BCUT2D eigenvalue weighted by atomic mass is 10.3. The standard InChI is InChI=1S/C10H12N2O2S/c1-3-14-8-5-9-6(4-7(8)13-2)12-10(11)15-9/h4-5H,3H2,1-2H3,(H2,11,12). The topological polar surface area (TPSA) is 57.4 Å². The molecule has 1 aromatic heterocycles. The number of hydrogen-bond acceptors (Lipinski definition) is 5. The first-order valence-corrected chi connectivity index (χ1v) is 5.43. The van der Waals surface area contributed by atoms with Gasteiger partial charge in [0, 0.05) is 12.1 Å². The predicted octanol–water partition coefficient (Wildman–Crippen LogP) is 2.29. The van der Waals surface area contributed by atoms with Gasteiger partial charge in [-0.25, -0.2) is 4.98 Å². The number of nitrogens with zero attached hydrogens (tertiary/aromatic N) is 1. The Bertz CT molecular complexity index is 481. The number of ether oxygens (including phenoxy) is 2. The zero-order valence-corrected chi connectivity index (χ0v) is 9.43. The van der Waals surface area contributed by atoms with E-state index in [0.717, 1.165) is 16.0 Å². The fourth-order valence-electron chi connectivity index (χ4n) is 1.38. The van der Waals surface area contributed by atoms with Crippen LogP contribution >= 0.6 is 11.3 Å². The average molecular weight is 224 g/mol. The van der Waals surface area contributed by atoms with Gasteiger partial charge in [-0.05, 0) is 6.92 Å². The number of aromatic nitrogens is 1. The summed E-state index contributed by atoms with van der Waals surface area (Å²) in [6.45, 7) is 2.54. The molecule has 0 bridgehead atoms. The van der Waals surface area contributed by atoms with Crippen LogP contribution in [0.25, 0.3) is 10.2 Å². The number of nitrogen functional groups attached to an aromatic ring is 1.